The van der Waals surface area contributed by atoms with Gasteiger partial charge >= 0.3 is 0 Å². The summed E-state index contributed by atoms with van der Waals surface area (Å²) in [5, 5.41) is 13.5. The van der Waals surface area contributed by atoms with Crippen molar-refractivity contribution in [3.8, 4) is 11.8 Å². The van der Waals surface area contributed by atoms with Crippen molar-refractivity contribution < 1.29 is 19.1 Å². The van der Waals surface area contributed by atoms with Crippen molar-refractivity contribution in [1.29, 1.82) is 0 Å². The lowest BCUT2D eigenvalue weighted by molar-refractivity contribution is -0.120. The molecular formula is C14H15FN2O3. The van der Waals surface area contributed by atoms with Gasteiger partial charge in [-0.3, -0.25) is 9.59 Å². The molecule has 1 aromatic rings. The summed E-state index contributed by atoms with van der Waals surface area (Å²) in [7, 11) is 0. The number of carbonyl (C=O) groups is 2. The molecule has 0 aromatic heterocycles. The van der Waals surface area contributed by atoms with Crippen LogP contribution >= 0.6 is 0 Å². The smallest absolute Gasteiger partial charge is 0.253 e. The molecule has 20 heavy (non-hydrogen) atoms. The minimum Gasteiger partial charge on any atom is -0.384 e. The number of benzene rings is 1. The lowest BCUT2D eigenvalue weighted by Crippen LogP contribution is -2.37. The molecule has 0 fully saturated rings. The van der Waals surface area contributed by atoms with E-state index in [1.807, 2.05) is 0 Å². The van der Waals surface area contributed by atoms with E-state index >= 15 is 0 Å². The highest BCUT2D eigenvalue weighted by Crippen LogP contribution is 2.10. The van der Waals surface area contributed by atoms with Gasteiger partial charge in [-0.25, -0.2) is 4.39 Å². The van der Waals surface area contributed by atoms with Crippen molar-refractivity contribution in [2.24, 2.45) is 0 Å². The van der Waals surface area contributed by atoms with E-state index in [4.69, 9.17) is 5.11 Å². The summed E-state index contributed by atoms with van der Waals surface area (Å²) >= 11 is 0. The number of carbonyl (C=O) groups excluding carboxylic acids is 2. The third-order valence-corrected chi connectivity index (χ3v) is 2.31. The monoisotopic (exact) mass is 278 g/mol. The van der Waals surface area contributed by atoms with E-state index in [-0.39, 0.29) is 30.2 Å². The van der Waals surface area contributed by atoms with Crippen molar-refractivity contribution in [2.45, 2.75) is 6.92 Å². The van der Waals surface area contributed by atoms with Crippen LogP contribution in [0.15, 0.2) is 18.2 Å². The Bertz CT molecular complexity index is 561. The third kappa shape index (κ3) is 4.71. The summed E-state index contributed by atoms with van der Waals surface area (Å²) < 4.78 is 13.2. The molecule has 1 aromatic carbocycles. The Labute approximate surface area is 116 Å². The minimum absolute atomic E-state index is 0.0234. The number of likely N-dealkylation sites (N-methyl/N-ethyl adjacent to an activating group) is 1. The van der Waals surface area contributed by atoms with Crippen LogP contribution in [0.5, 0.6) is 0 Å². The molecule has 0 radical (unpaired) electrons. The summed E-state index contributed by atoms with van der Waals surface area (Å²) in [6, 6.07) is 3.55. The van der Waals surface area contributed by atoms with E-state index in [9.17, 15) is 14.0 Å². The van der Waals surface area contributed by atoms with E-state index < -0.39 is 11.7 Å². The second kappa shape index (κ2) is 7.92. The molecule has 0 aliphatic rings. The molecule has 0 saturated heterocycles. The number of aliphatic hydroxyl groups excluding tert-OH is 1. The number of rotatable bonds is 4. The van der Waals surface area contributed by atoms with Crippen LogP contribution in [0, 0.1) is 17.7 Å². The van der Waals surface area contributed by atoms with E-state index in [0.29, 0.717) is 6.54 Å². The summed E-state index contributed by atoms with van der Waals surface area (Å²) in [5.74, 6) is 3.43. The number of aliphatic hydroxyl groups is 1. The fourth-order valence-corrected chi connectivity index (χ4v) is 1.46. The first-order valence-electron chi connectivity index (χ1n) is 6.02. The van der Waals surface area contributed by atoms with Crippen molar-refractivity contribution in [2.75, 3.05) is 19.7 Å². The number of nitrogens with one attached hydrogen (secondary N) is 2. The fraction of sp³-hybridized carbons (Fsp3) is 0.286. The molecule has 0 aliphatic heterocycles. The third-order valence-electron chi connectivity index (χ3n) is 2.31. The maximum Gasteiger partial charge on any atom is 0.253 e. The molecule has 106 valence electrons. The highest BCUT2D eigenvalue weighted by atomic mass is 19.1. The van der Waals surface area contributed by atoms with E-state index in [1.54, 1.807) is 6.92 Å². The van der Waals surface area contributed by atoms with Crippen LogP contribution in [0.2, 0.25) is 0 Å². The second-order valence-electron chi connectivity index (χ2n) is 3.79. The topological polar surface area (TPSA) is 78.4 Å². The predicted octanol–water partition coefficient (Wildman–Crippen LogP) is 0.0354. The molecule has 6 heteroatoms. The van der Waals surface area contributed by atoms with Gasteiger partial charge < -0.3 is 15.7 Å². The summed E-state index contributed by atoms with van der Waals surface area (Å²) in [6.45, 7) is 1.66. The van der Waals surface area contributed by atoms with E-state index in [1.165, 1.54) is 12.1 Å². The van der Waals surface area contributed by atoms with Crippen LogP contribution in [0.25, 0.3) is 0 Å². The van der Waals surface area contributed by atoms with Gasteiger partial charge in [0.25, 0.3) is 5.91 Å². The van der Waals surface area contributed by atoms with Gasteiger partial charge in [-0.05, 0) is 25.1 Å². The van der Waals surface area contributed by atoms with Crippen LogP contribution in [-0.4, -0.2) is 36.6 Å². The maximum atomic E-state index is 13.2. The highest BCUT2D eigenvalue weighted by Gasteiger charge is 2.12. The van der Waals surface area contributed by atoms with Gasteiger partial charge in [-0.15, -0.1) is 0 Å². The fourth-order valence-electron chi connectivity index (χ4n) is 1.46. The van der Waals surface area contributed by atoms with Gasteiger partial charge in [0.1, 0.15) is 12.4 Å². The molecule has 0 unspecified atom stereocenters. The molecule has 5 nitrogen and oxygen atoms in total. The van der Waals surface area contributed by atoms with Crippen LogP contribution in [-0.2, 0) is 4.79 Å². The van der Waals surface area contributed by atoms with Crippen LogP contribution in [0.1, 0.15) is 22.8 Å². The predicted molar refractivity (Wildman–Crippen MR) is 71.4 cm³/mol. The van der Waals surface area contributed by atoms with Gasteiger partial charge in [-0.1, -0.05) is 11.8 Å². The molecule has 2 amide bonds. The molecular weight excluding hydrogens is 263 g/mol. The van der Waals surface area contributed by atoms with Crippen molar-refractivity contribution in [3.05, 3.63) is 35.1 Å². The first-order chi connectivity index (χ1) is 9.58. The molecule has 0 atom stereocenters. The van der Waals surface area contributed by atoms with Gasteiger partial charge in [0, 0.05) is 12.1 Å². The number of hydrogen-bond acceptors (Lipinski definition) is 3. The van der Waals surface area contributed by atoms with Crippen LogP contribution < -0.4 is 10.6 Å². The largest absolute Gasteiger partial charge is 0.384 e. The lowest BCUT2D eigenvalue weighted by atomic mass is 10.1. The van der Waals surface area contributed by atoms with Crippen molar-refractivity contribution in [1.82, 2.24) is 10.6 Å². The first-order valence-corrected chi connectivity index (χ1v) is 6.02. The molecule has 0 spiro atoms. The number of halogens is 1. The molecule has 0 saturated carbocycles. The van der Waals surface area contributed by atoms with Crippen LogP contribution in [0.3, 0.4) is 0 Å². The SMILES string of the molecule is CCNC(=O)CNC(=O)c1cc(F)ccc1C#CCO. The number of hydrogen-bond donors (Lipinski definition) is 3. The Morgan fingerprint density at radius 1 is 1.35 bits per heavy atom. The van der Waals surface area contributed by atoms with Gasteiger partial charge in [0.2, 0.25) is 5.91 Å². The normalized spacial score (nSPS) is 9.35. The van der Waals surface area contributed by atoms with E-state index in [2.05, 4.69) is 22.5 Å². The summed E-state index contributed by atoms with van der Waals surface area (Å²) in [5.41, 5.74) is 0.309. The highest BCUT2D eigenvalue weighted by molar-refractivity contribution is 5.98. The molecule has 1 rings (SSSR count). The van der Waals surface area contributed by atoms with Crippen molar-refractivity contribution >= 4 is 11.8 Å². The Kier molecular flexibility index (Phi) is 6.20. The molecule has 3 N–H and O–H groups in total. The molecule has 0 aliphatic carbocycles. The zero-order chi connectivity index (χ0) is 15.0. The second-order valence-corrected chi connectivity index (χ2v) is 3.79. The summed E-state index contributed by atoms with van der Waals surface area (Å²) in [4.78, 5) is 23.1. The maximum absolute atomic E-state index is 13.2. The zero-order valence-electron chi connectivity index (χ0n) is 11.0. The van der Waals surface area contributed by atoms with Gasteiger partial charge in [0.15, 0.2) is 0 Å². The average Bonchev–Trinajstić information content (AvgIpc) is 2.43. The molecule has 0 heterocycles. The molecule has 0 bridgehead atoms. The Balaban J connectivity index is 2.85. The Morgan fingerprint density at radius 3 is 2.75 bits per heavy atom. The first kappa shape index (κ1) is 15.7. The minimum atomic E-state index is -0.599. The van der Waals surface area contributed by atoms with Gasteiger partial charge in [0.05, 0.1) is 12.1 Å². The lowest BCUT2D eigenvalue weighted by Gasteiger charge is -2.07. The Hall–Kier alpha value is -2.39. The van der Waals surface area contributed by atoms with E-state index in [0.717, 1.165) is 6.07 Å². The van der Waals surface area contributed by atoms with Crippen molar-refractivity contribution in [3.63, 3.8) is 0 Å². The summed E-state index contributed by atoms with van der Waals surface area (Å²) in [6.07, 6.45) is 0. The average molecular weight is 278 g/mol. The number of amides is 2. The standard InChI is InChI=1S/C14H15FN2O3/c1-2-16-13(19)9-17-14(20)12-8-11(15)6-5-10(12)4-3-7-18/h5-6,8,18H,2,7,9H2,1H3,(H,16,19)(H,17,20). The van der Waals surface area contributed by atoms with Crippen LogP contribution in [0.4, 0.5) is 4.39 Å². The Morgan fingerprint density at radius 2 is 2.10 bits per heavy atom. The van der Waals surface area contributed by atoms with Gasteiger partial charge in [-0.2, -0.15) is 0 Å². The quantitative estimate of drug-likeness (QED) is 0.680. The zero-order valence-corrected chi connectivity index (χ0v) is 11.0.